The Bertz CT molecular complexity index is 557. The first-order valence-electron chi connectivity index (χ1n) is 6.79. The van der Waals surface area contributed by atoms with Gasteiger partial charge in [-0.2, -0.15) is 0 Å². The van der Waals surface area contributed by atoms with E-state index >= 15 is 0 Å². The third-order valence-electron chi connectivity index (χ3n) is 4.05. The molecule has 1 aliphatic carbocycles. The lowest BCUT2D eigenvalue weighted by Crippen LogP contribution is -2.43. The van der Waals surface area contributed by atoms with Crippen LogP contribution in [-0.2, 0) is 0 Å². The molecule has 0 amide bonds. The van der Waals surface area contributed by atoms with Crippen LogP contribution in [-0.4, -0.2) is 28.5 Å². The standard InChI is InChI=1S/C15H19NO3/c17-14(15(18)6-1-2-7-15)10-16-12-4-3-11-5-8-19-13(11)9-12/h3-5,8-9,14,16-18H,1-2,6-7,10H2. The van der Waals surface area contributed by atoms with Gasteiger partial charge in [-0.15, -0.1) is 0 Å². The van der Waals surface area contributed by atoms with Gasteiger partial charge in [0.1, 0.15) is 5.58 Å². The van der Waals surface area contributed by atoms with E-state index in [9.17, 15) is 10.2 Å². The van der Waals surface area contributed by atoms with Gasteiger partial charge in [0.25, 0.3) is 0 Å². The molecule has 4 heteroatoms. The third-order valence-corrected chi connectivity index (χ3v) is 4.05. The van der Waals surface area contributed by atoms with E-state index in [0.29, 0.717) is 19.4 Å². The molecule has 0 bridgehead atoms. The highest BCUT2D eigenvalue weighted by molar-refractivity contribution is 5.80. The minimum absolute atomic E-state index is 0.350. The van der Waals surface area contributed by atoms with E-state index in [1.165, 1.54) is 0 Å². The van der Waals surface area contributed by atoms with Crippen LogP contribution in [0.5, 0.6) is 0 Å². The Morgan fingerprint density at radius 1 is 1.26 bits per heavy atom. The molecule has 0 saturated heterocycles. The molecule has 0 spiro atoms. The summed E-state index contributed by atoms with van der Waals surface area (Å²) in [6.07, 6.45) is 4.28. The fourth-order valence-corrected chi connectivity index (χ4v) is 2.79. The molecule has 3 rings (SSSR count). The lowest BCUT2D eigenvalue weighted by Gasteiger charge is -2.28. The van der Waals surface area contributed by atoms with E-state index in [0.717, 1.165) is 29.5 Å². The fraction of sp³-hybridized carbons (Fsp3) is 0.467. The van der Waals surface area contributed by atoms with E-state index in [1.807, 2.05) is 24.3 Å². The minimum atomic E-state index is -0.915. The van der Waals surface area contributed by atoms with Crippen LogP contribution >= 0.6 is 0 Å². The quantitative estimate of drug-likeness (QED) is 0.791. The van der Waals surface area contributed by atoms with Crippen molar-refractivity contribution in [2.24, 2.45) is 0 Å². The number of anilines is 1. The summed E-state index contributed by atoms with van der Waals surface area (Å²) < 4.78 is 5.33. The summed E-state index contributed by atoms with van der Waals surface area (Å²) in [6, 6.07) is 7.73. The molecule has 4 nitrogen and oxygen atoms in total. The van der Waals surface area contributed by atoms with E-state index < -0.39 is 11.7 Å². The molecule has 1 aromatic carbocycles. The normalized spacial score (nSPS) is 19.7. The van der Waals surface area contributed by atoms with Crippen molar-refractivity contribution in [3.63, 3.8) is 0 Å². The number of benzene rings is 1. The maximum atomic E-state index is 10.3. The van der Waals surface area contributed by atoms with Gasteiger partial charge in [-0.1, -0.05) is 12.8 Å². The number of hydrogen-bond donors (Lipinski definition) is 3. The second kappa shape index (κ2) is 4.87. The van der Waals surface area contributed by atoms with Crippen LogP contribution in [0.15, 0.2) is 34.9 Å². The number of furan rings is 1. The second-order valence-corrected chi connectivity index (χ2v) is 5.38. The predicted octanol–water partition coefficient (Wildman–Crippen LogP) is 2.51. The molecule has 1 fully saturated rings. The average Bonchev–Trinajstić information content (AvgIpc) is 3.04. The zero-order valence-electron chi connectivity index (χ0n) is 10.8. The average molecular weight is 261 g/mol. The van der Waals surface area contributed by atoms with Gasteiger partial charge in [0.15, 0.2) is 0 Å². The van der Waals surface area contributed by atoms with Crippen molar-refractivity contribution >= 4 is 16.7 Å². The molecule has 1 aromatic heterocycles. The van der Waals surface area contributed by atoms with E-state index in [4.69, 9.17) is 4.42 Å². The van der Waals surface area contributed by atoms with E-state index in [1.54, 1.807) is 6.26 Å². The first-order chi connectivity index (χ1) is 9.17. The molecule has 0 radical (unpaired) electrons. The Morgan fingerprint density at radius 3 is 2.84 bits per heavy atom. The zero-order chi connectivity index (χ0) is 13.3. The SMILES string of the molecule is OC(CNc1ccc2ccoc2c1)C1(O)CCCC1. The molecule has 1 saturated carbocycles. The number of nitrogens with one attached hydrogen (secondary N) is 1. The van der Waals surface area contributed by atoms with Gasteiger partial charge >= 0.3 is 0 Å². The van der Waals surface area contributed by atoms with E-state index in [2.05, 4.69) is 5.32 Å². The van der Waals surface area contributed by atoms with Crippen molar-refractivity contribution in [3.8, 4) is 0 Å². The molecule has 1 unspecified atom stereocenters. The topological polar surface area (TPSA) is 65.6 Å². The van der Waals surface area contributed by atoms with Crippen LogP contribution in [0.2, 0.25) is 0 Å². The van der Waals surface area contributed by atoms with Gasteiger partial charge in [0.05, 0.1) is 18.0 Å². The van der Waals surface area contributed by atoms with Crippen LogP contribution in [0.1, 0.15) is 25.7 Å². The lowest BCUT2D eigenvalue weighted by atomic mass is 9.95. The first-order valence-corrected chi connectivity index (χ1v) is 6.79. The Balaban J connectivity index is 1.65. The predicted molar refractivity (Wildman–Crippen MR) is 74.1 cm³/mol. The van der Waals surface area contributed by atoms with Gasteiger partial charge in [-0.25, -0.2) is 0 Å². The smallest absolute Gasteiger partial charge is 0.135 e. The third kappa shape index (κ3) is 2.46. The van der Waals surface area contributed by atoms with Gasteiger partial charge in [0, 0.05) is 23.7 Å². The highest BCUT2D eigenvalue weighted by Crippen LogP contribution is 2.32. The summed E-state index contributed by atoms with van der Waals surface area (Å²) in [5, 5.41) is 24.6. The van der Waals surface area contributed by atoms with Crippen molar-refractivity contribution in [1.82, 2.24) is 0 Å². The molecule has 1 atom stereocenters. The molecular formula is C15H19NO3. The maximum Gasteiger partial charge on any atom is 0.135 e. The van der Waals surface area contributed by atoms with Crippen LogP contribution in [0.25, 0.3) is 11.0 Å². The Morgan fingerprint density at radius 2 is 2.05 bits per heavy atom. The molecule has 2 aromatic rings. The van der Waals surface area contributed by atoms with Crippen LogP contribution in [0, 0.1) is 0 Å². The molecule has 19 heavy (non-hydrogen) atoms. The minimum Gasteiger partial charge on any atom is -0.464 e. The summed E-state index contributed by atoms with van der Waals surface area (Å²) in [5.74, 6) is 0. The Hall–Kier alpha value is -1.52. The van der Waals surface area contributed by atoms with Crippen LogP contribution < -0.4 is 5.32 Å². The van der Waals surface area contributed by atoms with Crippen LogP contribution in [0.3, 0.4) is 0 Å². The van der Waals surface area contributed by atoms with Crippen molar-refractivity contribution in [2.75, 3.05) is 11.9 Å². The highest BCUT2D eigenvalue weighted by atomic mass is 16.3. The second-order valence-electron chi connectivity index (χ2n) is 5.38. The lowest BCUT2D eigenvalue weighted by molar-refractivity contribution is -0.0627. The van der Waals surface area contributed by atoms with E-state index in [-0.39, 0.29) is 0 Å². The Labute approximate surface area is 112 Å². The molecular weight excluding hydrogens is 242 g/mol. The number of aliphatic hydroxyl groups excluding tert-OH is 1. The van der Waals surface area contributed by atoms with Crippen molar-refractivity contribution in [2.45, 2.75) is 37.4 Å². The first kappa shape index (κ1) is 12.5. The zero-order valence-corrected chi connectivity index (χ0v) is 10.8. The van der Waals surface area contributed by atoms with Gasteiger partial charge in [0.2, 0.25) is 0 Å². The molecule has 3 N–H and O–H groups in total. The van der Waals surface area contributed by atoms with Gasteiger partial charge in [-0.3, -0.25) is 0 Å². The number of aliphatic hydroxyl groups is 2. The molecule has 102 valence electrons. The molecule has 0 aliphatic heterocycles. The summed E-state index contributed by atoms with van der Waals surface area (Å²) in [5.41, 5.74) is 0.795. The van der Waals surface area contributed by atoms with Crippen molar-refractivity contribution < 1.29 is 14.6 Å². The van der Waals surface area contributed by atoms with Gasteiger partial charge < -0.3 is 19.9 Å². The summed E-state index contributed by atoms with van der Waals surface area (Å²) in [4.78, 5) is 0. The van der Waals surface area contributed by atoms with Crippen LogP contribution in [0.4, 0.5) is 5.69 Å². The Kier molecular flexibility index (Phi) is 3.21. The van der Waals surface area contributed by atoms with Crippen molar-refractivity contribution in [3.05, 3.63) is 30.5 Å². The largest absolute Gasteiger partial charge is 0.464 e. The number of fused-ring (bicyclic) bond motifs is 1. The maximum absolute atomic E-state index is 10.3. The molecule has 1 aliphatic rings. The monoisotopic (exact) mass is 261 g/mol. The summed E-state index contributed by atoms with van der Waals surface area (Å²) >= 11 is 0. The fourth-order valence-electron chi connectivity index (χ4n) is 2.79. The highest BCUT2D eigenvalue weighted by Gasteiger charge is 2.38. The van der Waals surface area contributed by atoms with Gasteiger partial charge in [-0.05, 0) is 31.0 Å². The van der Waals surface area contributed by atoms with Crippen molar-refractivity contribution in [1.29, 1.82) is 0 Å². The number of rotatable bonds is 4. The summed E-state index contributed by atoms with van der Waals surface area (Å²) in [6.45, 7) is 0.350. The summed E-state index contributed by atoms with van der Waals surface area (Å²) in [7, 11) is 0. The molecule has 1 heterocycles. The number of hydrogen-bond acceptors (Lipinski definition) is 4.